The van der Waals surface area contributed by atoms with Gasteiger partial charge in [-0.15, -0.1) is 0 Å². The van der Waals surface area contributed by atoms with Crippen LogP contribution in [0.25, 0.3) is 0 Å². The van der Waals surface area contributed by atoms with Crippen molar-refractivity contribution in [2.75, 3.05) is 0 Å². The molecule has 2 N–H and O–H groups in total. The van der Waals surface area contributed by atoms with Crippen LogP contribution in [-0.2, 0) is 0 Å². The average Bonchev–Trinajstić information content (AvgIpc) is 2.08. The van der Waals surface area contributed by atoms with Crippen molar-refractivity contribution in [1.29, 1.82) is 5.26 Å². The van der Waals surface area contributed by atoms with E-state index < -0.39 is 6.10 Å². The van der Waals surface area contributed by atoms with E-state index in [1.807, 2.05) is 0 Å². The number of benzene rings is 1. The number of hydrogen-bond donors (Lipinski definition) is 2. The smallest absolute Gasteiger partial charge is 0.167 e. The molecule has 1 rings (SSSR count). The molecule has 4 heteroatoms. The van der Waals surface area contributed by atoms with E-state index in [1.54, 1.807) is 6.07 Å². The van der Waals surface area contributed by atoms with Crippen LogP contribution in [0.1, 0.15) is 11.7 Å². The van der Waals surface area contributed by atoms with Gasteiger partial charge in [-0.25, -0.2) is 0 Å². The molecule has 0 bridgehead atoms. The lowest BCUT2D eigenvalue weighted by molar-refractivity contribution is 0.235. The van der Waals surface area contributed by atoms with Gasteiger partial charge in [0.1, 0.15) is 5.75 Å². The van der Waals surface area contributed by atoms with Gasteiger partial charge < -0.3 is 10.2 Å². The molecule has 0 heterocycles. The van der Waals surface area contributed by atoms with Crippen molar-refractivity contribution in [3.63, 3.8) is 0 Å². The molecule has 0 radical (unpaired) electrons. The maximum absolute atomic E-state index is 9.09. The zero-order valence-electron chi connectivity index (χ0n) is 6.03. The largest absolute Gasteiger partial charge is 0.506 e. The van der Waals surface area contributed by atoms with E-state index in [1.165, 1.54) is 18.2 Å². The Morgan fingerprint density at radius 1 is 1.50 bits per heavy atom. The number of aliphatic hydroxyl groups is 1. The Bertz CT molecular complexity index is 332. The van der Waals surface area contributed by atoms with E-state index in [0.29, 0.717) is 0 Å². The van der Waals surface area contributed by atoms with Crippen LogP contribution in [0.5, 0.6) is 5.75 Å². The third kappa shape index (κ3) is 1.50. The minimum absolute atomic E-state index is 0.0200. The standard InChI is InChI=1S/C8H6ClNO2/c9-8-5(7(12)4-10)2-1-3-6(8)11/h1-3,7,11-12H. The maximum Gasteiger partial charge on any atom is 0.167 e. The lowest BCUT2D eigenvalue weighted by atomic mass is 10.1. The van der Waals surface area contributed by atoms with Crippen molar-refractivity contribution in [3.8, 4) is 11.8 Å². The summed E-state index contributed by atoms with van der Waals surface area (Å²) in [5.41, 5.74) is 0.221. The minimum Gasteiger partial charge on any atom is -0.506 e. The topological polar surface area (TPSA) is 64.2 Å². The summed E-state index contributed by atoms with van der Waals surface area (Å²) in [6, 6.07) is 5.99. The van der Waals surface area contributed by atoms with Crippen molar-refractivity contribution in [1.82, 2.24) is 0 Å². The second-order valence-electron chi connectivity index (χ2n) is 2.21. The quantitative estimate of drug-likeness (QED) is 0.650. The number of nitriles is 1. The number of aliphatic hydroxyl groups excluding tert-OH is 1. The summed E-state index contributed by atoms with van der Waals surface area (Å²) in [6.45, 7) is 0. The monoisotopic (exact) mass is 183 g/mol. The maximum atomic E-state index is 9.09. The first-order valence-corrected chi connectivity index (χ1v) is 3.59. The first-order valence-electron chi connectivity index (χ1n) is 3.22. The molecule has 0 saturated carbocycles. The molecule has 0 fully saturated rings. The van der Waals surface area contributed by atoms with Gasteiger partial charge in [-0.1, -0.05) is 23.7 Å². The molecule has 0 amide bonds. The highest BCUT2D eigenvalue weighted by Gasteiger charge is 2.12. The third-order valence-electron chi connectivity index (χ3n) is 1.43. The summed E-state index contributed by atoms with van der Waals surface area (Å²) in [6.07, 6.45) is -1.29. The van der Waals surface area contributed by atoms with Gasteiger partial charge in [-0.2, -0.15) is 5.26 Å². The lowest BCUT2D eigenvalue weighted by Crippen LogP contribution is -1.93. The molecule has 0 saturated heterocycles. The summed E-state index contributed by atoms with van der Waals surface area (Å²) >= 11 is 5.61. The van der Waals surface area contributed by atoms with Crippen LogP contribution >= 0.6 is 11.6 Å². The lowest BCUT2D eigenvalue weighted by Gasteiger charge is -2.05. The fourth-order valence-corrected chi connectivity index (χ4v) is 1.05. The van der Waals surface area contributed by atoms with Gasteiger partial charge in [0, 0.05) is 5.56 Å². The number of halogens is 1. The van der Waals surface area contributed by atoms with Crippen molar-refractivity contribution >= 4 is 11.6 Å². The molecular weight excluding hydrogens is 178 g/mol. The molecule has 62 valence electrons. The molecule has 3 nitrogen and oxygen atoms in total. The Morgan fingerprint density at radius 3 is 2.75 bits per heavy atom. The first-order chi connectivity index (χ1) is 5.66. The molecule has 1 unspecified atom stereocenters. The van der Waals surface area contributed by atoms with Gasteiger partial charge in [0.15, 0.2) is 6.10 Å². The summed E-state index contributed by atoms with van der Waals surface area (Å²) in [5, 5.41) is 26.6. The minimum atomic E-state index is -1.29. The molecule has 12 heavy (non-hydrogen) atoms. The van der Waals surface area contributed by atoms with Crippen LogP contribution in [0.4, 0.5) is 0 Å². The Kier molecular flexibility index (Phi) is 2.54. The van der Waals surface area contributed by atoms with Crippen LogP contribution in [0.2, 0.25) is 5.02 Å². The predicted molar refractivity (Wildman–Crippen MR) is 43.7 cm³/mol. The SMILES string of the molecule is N#CC(O)c1cccc(O)c1Cl. The van der Waals surface area contributed by atoms with E-state index in [0.717, 1.165) is 0 Å². The van der Waals surface area contributed by atoms with E-state index in [2.05, 4.69) is 0 Å². The van der Waals surface area contributed by atoms with Crippen molar-refractivity contribution in [2.24, 2.45) is 0 Å². The summed E-state index contributed by atoms with van der Waals surface area (Å²) in [5.74, 6) is -0.136. The van der Waals surface area contributed by atoms with Gasteiger partial charge in [0.2, 0.25) is 0 Å². The van der Waals surface area contributed by atoms with Crippen LogP contribution < -0.4 is 0 Å². The van der Waals surface area contributed by atoms with E-state index in [9.17, 15) is 0 Å². The van der Waals surface area contributed by atoms with Gasteiger partial charge in [-0.05, 0) is 6.07 Å². The molecular formula is C8H6ClNO2. The highest BCUT2D eigenvalue weighted by molar-refractivity contribution is 6.32. The van der Waals surface area contributed by atoms with Gasteiger partial charge in [0.25, 0.3) is 0 Å². The fraction of sp³-hybridized carbons (Fsp3) is 0.125. The van der Waals surface area contributed by atoms with Gasteiger partial charge >= 0.3 is 0 Å². The van der Waals surface area contributed by atoms with E-state index in [-0.39, 0.29) is 16.3 Å². The van der Waals surface area contributed by atoms with Crippen LogP contribution in [0.3, 0.4) is 0 Å². The Balaban J connectivity index is 3.18. The Morgan fingerprint density at radius 2 is 2.17 bits per heavy atom. The first kappa shape index (κ1) is 8.85. The number of aromatic hydroxyl groups is 1. The summed E-state index contributed by atoms with van der Waals surface area (Å²) < 4.78 is 0. The van der Waals surface area contributed by atoms with Gasteiger partial charge in [0.05, 0.1) is 11.1 Å². The summed E-state index contributed by atoms with van der Waals surface area (Å²) in [4.78, 5) is 0. The molecule has 1 aromatic rings. The van der Waals surface area contributed by atoms with Gasteiger partial charge in [-0.3, -0.25) is 0 Å². The van der Waals surface area contributed by atoms with E-state index in [4.69, 9.17) is 27.1 Å². The molecule has 0 spiro atoms. The highest BCUT2D eigenvalue weighted by atomic mass is 35.5. The number of nitrogens with zero attached hydrogens (tertiary/aromatic N) is 1. The summed E-state index contributed by atoms with van der Waals surface area (Å²) in [7, 11) is 0. The van der Waals surface area contributed by atoms with Crippen molar-refractivity contribution < 1.29 is 10.2 Å². The number of phenolic OH excluding ortho intramolecular Hbond substituents is 1. The number of rotatable bonds is 1. The second kappa shape index (κ2) is 3.44. The number of hydrogen-bond acceptors (Lipinski definition) is 3. The predicted octanol–water partition coefficient (Wildman–Crippen LogP) is 1.60. The van der Waals surface area contributed by atoms with Crippen LogP contribution in [0.15, 0.2) is 18.2 Å². The molecule has 0 aliphatic heterocycles. The zero-order chi connectivity index (χ0) is 9.14. The molecule has 1 aromatic carbocycles. The van der Waals surface area contributed by atoms with Crippen LogP contribution in [-0.4, -0.2) is 10.2 Å². The van der Waals surface area contributed by atoms with E-state index >= 15 is 0 Å². The molecule has 0 aliphatic carbocycles. The fourth-order valence-electron chi connectivity index (χ4n) is 0.818. The second-order valence-corrected chi connectivity index (χ2v) is 2.59. The molecule has 0 aliphatic rings. The average molecular weight is 184 g/mol. The van der Waals surface area contributed by atoms with Crippen molar-refractivity contribution in [3.05, 3.63) is 28.8 Å². The van der Waals surface area contributed by atoms with Crippen molar-refractivity contribution in [2.45, 2.75) is 6.10 Å². The Hall–Kier alpha value is -1.24. The highest BCUT2D eigenvalue weighted by Crippen LogP contribution is 2.30. The normalized spacial score (nSPS) is 12.1. The Labute approximate surface area is 74.4 Å². The molecule has 0 aromatic heterocycles. The number of phenols is 1. The van der Waals surface area contributed by atoms with Crippen LogP contribution in [0, 0.1) is 11.3 Å². The third-order valence-corrected chi connectivity index (χ3v) is 1.84. The molecule has 1 atom stereocenters. The zero-order valence-corrected chi connectivity index (χ0v) is 6.78.